The van der Waals surface area contributed by atoms with Gasteiger partial charge >= 0.3 is 5.69 Å². The number of fused-ring (bicyclic) bond motifs is 1. The maximum Gasteiger partial charge on any atom is 0.333 e. The number of aryl methyl sites for hydroxylation is 1. The van der Waals surface area contributed by atoms with Crippen LogP contribution in [0.2, 0.25) is 5.02 Å². The molecule has 0 spiro atoms. The van der Waals surface area contributed by atoms with Crippen molar-refractivity contribution < 1.29 is 9.21 Å². The number of benzene rings is 1. The molecule has 1 fully saturated rings. The molecule has 1 N–H and O–H groups in total. The molecule has 1 amide bonds. The second kappa shape index (κ2) is 10.5. The number of nitrogens with zero attached hydrogens (tertiary/aromatic N) is 5. The number of para-hydroxylation sites is 2. The summed E-state index contributed by atoms with van der Waals surface area (Å²) in [6.45, 7) is 2.41. The Balaban J connectivity index is 1.20. The van der Waals surface area contributed by atoms with E-state index in [0.29, 0.717) is 45.9 Å². The number of carbonyl (C=O) groups excluding carboxylic acids is 1. The predicted octanol–water partition coefficient (Wildman–Crippen LogP) is 5.19. The summed E-state index contributed by atoms with van der Waals surface area (Å²) < 4.78 is 8.98. The van der Waals surface area contributed by atoms with E-state index in [1.54, 1.807) is 42.3 Å². The van der Waals surface area contributed by atoms with Gasteiger partial charge in [-0.1, -0.05) is 23.7 Å². The molecule has 9 nitrogen and oxygen atoms in total. The average molecular weight is 543 g/mol. The first-order valence-corrected chi connectivity index (χ1v) is 13.3. The van der Waals surface area contributed by atoms with E-state index >= 15 is 0 Å². The van der Waals surface area contributed by atoms with Crippen molar-refractivity contribution in [3.63, 3.8) is 0 Å². The van der Waals surface area contributed by atoms with Crippen molar-refractivity contribution in [1.82, 2.24) is 29.4 Å². The minimum absolute atomic E-state index is 0.0780. The van der Waals surface area contributed by atoms with Gasteiger partial charge in [0.2, 0.25) is 5.89 Å². The molecule has 39 heavy (non-hydrogen) atoms. The number of pyridine rings is 2. The van der Waals surface area contributed by atoms with Crippen LogP contribution in [-0.4, -0.2) is 36.0 Å². The zero-order chi connectivity index (χ0) is 26.9. The highest BCUT2D eigenvalue weighted by Gasteiger charge is 2.26. The van der Waals surface area contributed by atoms with Crippen LogP contribution in [0.5, 0.6) is 0 Å². The van der Waals surface area contributed by atoms with Crippen LogP contribution < -0.4 is 11.0 Å². The Morgan fingerprint density at radius 2 is 1.87 bits per heavy atom. The Morgan fingerprint density at radius 3 is 2.64 bits per heavy atom. The van der Waals surface area contributed by atoms with Crippen LogP contribution in [0, 0.1) is 12.8 Å². The van der Waals surface area contributed by atoms with Crippen molar-refractivity contribution in [3.05, 3.63) is 94.2 Å². The number of imidazole rings is 1. The molecule has 4 aromatic heterocycles. The van der Waals surface area contributed by atoms with Gasteiger partial charge in [-0.3, -0.25) is 23.9 Å². The van der Waals surface area contributed by atoms with Crippen LogP contribution in [-0.2, 0) is 6.54 Å². The summed E-state index contributed by atoms with van der Waals surface area (Å²) >= 11 is 6.04. The first kappa shape index (κ1) is 25.1. The van der Waals surface area contributed by atoms with E-state index in [9.17, 15) is 9.59 Å². The van der Waals surface area contributed by atoms with Crippen LogP contribution in [0.3, 0.4) is 0 Å². The third-order valence-electron chi connectivity index (χ3n) is 7.42. The molecule has 5 aromatic rings. The molecule has 0 bridgehead atoms. The molecule has 1 saturated carbocycles. The standard InChI is InChI=1S/C29H27ClN6O3/c1-18-24(13-21(30)15-33-18)27(37)34-22-8-6-19(7-9-22)17-35-25-4-2-3-5-26(25)36(29(35)38)23-12-20(14-31-16-23)28-32-10-11-39-28/h2-5,10-16,19,22H,6-9,17H2,1H3,(H,34,37). The normalized spacial score (nSPS) is 17.4. The molecule has 0 radical (unpaired) electrons. The van der Waals surface area contributed by atoms with E-state index in [-0.39, 0.29) is 17.6 Å². The van der Waals surface area contributed by atoms with Gasteiger partial charge in [0.15, 0.2) is 0 Å². The Morgan fingerprint density at radius 1 is 1.08 bits per heavy atom. The monoisotopic (exact) mass is 542 g/mol. The second-order valence-corrected chi connectivity index (χ2v) is 10.4. The van der Waals surface area contributed by atoms with Crippen molar-refractivity contribution >= 4 is 28.5 Å². The van der Waals surface area contributed by atoms with Crippen LogP contribution in [0.1, 0.15) is 41.7 Å². The number of nitrogens with one attached hydrogen (secondary N) is 1. The summed E-state index contributed by atoms with van der Waals surface area (Å²) in [5, 5.41) is 3.58. The van der Waals surface area contributed by atoms with E-state index in [2.05, 4.69) is 20.3 Å². The molecule has 198 valence electrons. The summed E-state index contributed by atoms with van der Waals surface area (Å²) in [5.74, 6) is 0.624. The first-order chi connectivity index (χ1) is 19.0. The lowest BCUT2D eigenvalue weighted by Crippen LogP contribution is -2.39. The van der Waals surface area contributed by atoms with Gasteiger partial charge < -0.3 is 9.73 Å². The fourth-order valence-electron chi connectivity index (χ4n) is 5.42. The number of hydrogen-bond acceptors (Lipinski definition) is 6. The summed E-state index contributed by atoms with van der Waals surface area (Å²) in [4.78, 5) is 39.3. The fourth-order valence-corrected chi connectivity index (χ4v) is 5.57. The quantitative estimate of drug-likeness (QED) is 0.316. The van der Waals surface area contributed by atoms with Gasteiger partial charge in [-0.15, -0.1) is 0 Å². The van der Waals surface area contributed by atoms with E-state index in [1.165, 1.54) is 6.26 Å². The zero-order valence-electron chi connectivity index (χ0n) is 21.4. The maximum absolute atomic E-state index is 13.8. The summed E-state index contributed by atoms with van der Waals surface area (Å²) in [6.07, 6.45) is 11.5. The molecule has 0 saturated heterocycles. The fraction of sp³-hybridized carbons (Fsp3) is 0.276. The minimum Gasteiger partial charge on any atom is -0.444 e. The van der Waals surface area contributed by atoms with Gasteiger partial charge in [-0.05, 0) is 62.8 Å². The molecule has 6 rings (SSSR count). The van der Waals surface area contributed by atoms with Gasteiger partial charge in [-0.25, -0.2) is 9.78 Å². The van der Waals surface area contributed by atoms with Gasteiger partial charge in [0, 0.05) is 25.0 Å². The molecule has 1 aromatic carbocycles. The Labute approximate surface area is 229 Å². The first-order valence-electron chi connectivity index (χ1n) is 13.0. The third-order valence-corrected chi connectivity index (χ3v) is 7.62. The number of oxazole rings is 1. The lowest BCUT2D eigenvalue weighted by Gasteiger charge is -2.29. The smallest absolute Gasteiger partial charge is 0.333 e. The average Bonchev–Trinajstić information content (AvgIpc) is 3.58. The molecule has 1 aliphatic rings. The van der Waals surface area contributed by atoms with Crippen molar-refractivity contribution in [2.24, 2.45) is 5.92 Å². The molecule has 0 atom stereocenters. The molecule has 4 heterocycles. The lowest BCUT2D eigenvalue weighted by atomic mass is 9.85. The van der Waals surface area contributed by atoms with E-state index in [4.69, 9.17) is 16.0 Å². The number of aromatic nitrogens is 5. The largest absolute Gasteiger partial charge is 0.444 e. The number of amides is 1. The van der Waals surface area contributed by atoms with E-state index in [0.717, 1.165) is 36.7 Å². The highest BCUT2D eigenvalue weighted by atomic mass is 35.5. The van der Waals surface area contributed by atoms with Crippen LogP contribution in [0.4, 0.5) is 0 Å². The summed E-state index contributed by atoms with van der Waals surface area (Å²) in [6, 6.07) is 11.4. The highest BCUT2D eigenvalue weighted by Crippen LogP contribution is 2.28. The number of carbonyl (C=O) groups is 1. The van der Waals surface area contributed by atoms with Gasteiger partial charge in [0.05, 0.1) is 51.0 Å². The third kappa shape index (κ3) is 4.97. The van der Waals surface area contributed by atoms with Crippen molar-refractivity contribution in [2.75, 3.05) is 0 Å². The van der Waals surface area contributed by atoms with Crippen molar-refractivity contribution in [3.8, 4) is 17.1 Å². The number of halogens is 1. The molecule has 10 heteroatoms. The SMILES string of the molecule is Cc1ncc(Cl)cc1C(=O)NC1CCC(Cn2c(=O)n(-c3cncc(-c4ncco4)c3)c3ccccc32)CC1. The predicted molar refractivity (Wildman–Crippen MR) is 148 cm³/mol. The van der Waals surface area contributed by atoms with Gasteiger partial charge in [0.25, 0.3) is 5.91 Å². The van der Waals surface area contributed by atoms with E-state index < -0.39 is 0 Å². The minimum atomic E-state index is -0.147. The van der Waals surface area contributed by atoms with Crippen LogP contribution in [0.25, 0.3) is 28.2 Å². The van der Waals surface area contributed by atoms with E-state index in [1.807, 2.05) is 34.9 Å². The molecule has 0 aliphatic heterocycles. The summed E-state index contributed by atoms with van der Waals surface area (Å²) in [7, 11) is 0. The van der Waals surface area contributed by atoms with Crippen molar-refractivity contribution in [2.45, 2.75) is 45.2 Å². The molecule has 0 unspecified atom stereocenters. The van der Waals surface area contributed by atoms with Gasteiger partial charge in [0.1, 0.15) is 6.26 Å². The highest BCUT2D eigenvalue weighted by molar-refractivity contribution is 6.30. The number of rotatable bonds is 6. The zero-order valence-corrected chi connectivity index (χ0v) is 22.1. The molecular weight excluding hydrogens is 516 g/mol. The second-order valence-electron chi connectivity index (χ2n) is 9.96. The van der Waals surface area contributed by atoms with Crippen LogP contribution >= 0.6 is 11.6 Å². The maximum atomic E-state index is 13.8. The Hall–Kier alpha value is -4.24. The topological polar surface area (TPSA) is 108 Å². The summed E-state index contributed by atoms with van der Waals surface area (Å²) in [5.41, 5.74) is 4.10. The molecular formula is C29H27ClN6O3. The Bertz CT molecular complexity index is 1700. The van der Waals surface area contributed by atoms with Gasteiger partial charge in [-0.2, -0.15) is 0 Å². The Kier molecular flexibility index (Phi) is 6.74. The molecule has 1 aliphatic carbocycles. The van der Waals surface area contributed by atoms with Crippen molar-refractivity contribution in [1.29, 1.82) is 0 Å². The number of hydrogen-bond donors (Lipinski definition) is 1. The van der Waals surface area contributed by atoms with Crippen LogP contribution in [0.15, 0.2) is 76.7 Å². The lowest BCUT2D eigenvalue weighted by molar-refractivity contribution is 0.0919.